The molecule has 0 saturated heterocycles. The Kier molecular flexibility index (Phi) is 4.93. The van der Waals surface area contributed by atoms with Gasteiger partial charge in [-0.1, -0.05) is 32.0 Å². The molecule has 0 aliphatic rings. The SMILES string of the molecule is Cc1cccc(C(C)C)c1NC(=O)CC(C)(C)C(=O)O. The topological polar surface area (TPSA) is 66.4 Å². The van der Waals surface area contributed by atoms with Crippen LogP contribution in [0.4, 0.5) is 5.69 Å². The number of hydrogen-bond donors (Lipinski definition) is 2. The highest BCUT2D eigenvalue weighted by Gasteiger charge is 2.30. The quantitative estimate of drug-likeness (QED) is 0.864. The number of aryl methyl sites for hydroxylation is 1. The smallest absolute Gasteiger partial charge is 0.309 e. The average molecular weight is 277 g/mol. The van der Waals surface area contributed by atoms with Crippen molar-refractivity contribution in [2.24, 2.45) is 5.41 Å². The van der Waals surface area contributed by atoms with Crippen LogP contribution < -0.4 is 5.32 Å². The summed E-state index contributed by atoms with van der Waals surface area (Å²) in [5.74, 6) is -0.951. The minimum absolute atomic E-state index is 0.0474. The van der Waals surface area contributed by atoms with Gasteiger partial charge in [0.1, 0.15) is 0 Å². The predicted molar refractivity (Wildman–Crippen MR) is 79.9 cm³/mol. The molecule has 0 fully saturated rings. The fourth-order valence-corrected chi connectivity index (χ4v) is 2.00. The molecule has 0 aliphatic heterocycles. The molecule has 4 heteroatoms. The summed E-state index contributed by atoms with van der Waals surface area (Å²) in [6, 6.07) is 5.88. The zero-order chi connectivity index (χ0) is 15.5. The zero-order valence-electron chi connectivity index (χ0n) is 12.8. The van der Waals surface area contributed by atoms with Crippen molar-refractivity contribution in [3.8, 4) is 0 Å². The molecule has 0 atom stereocenters. The Morgan fingerprint density at radius 3 is 2.40 bits per heavy atom. The van der Waals surface area contributed by atoms with E-state index >= 15 is 0 Å². The number of benzene rings is 1. The number of nitrogens with one attached hydrogen (secondary N) is 1. The molecule has 1 aromatic carbocycles. The predicted octanol–water partition coefficient (Wildman–Crippen LogP) is 3.56. The fraction of sp³-hybridized carbons (Fsp3) is 0.500. The Labute approximate surface area is 120 Å². The third kappa shape index (κ3) is 3.83. The molecule has 110 valence electrons. The molecule has 0 aromatic heterocycles. The Morgan fingerprint density at radius 1 is 1.30 bits per heavy atom. The normalized spacial score (nSPS) is 11.5. The van der Waals surface area contributed by atoms with Gasteiger partial charge in [0, 0.05) is 12.1 Å². The van der Waals surface area contributed by atoms with Gasteiger partial charge in [-0.2, -0.15) is 0 Å². The highest BCUT2D eigenvalue weighted by Crippen LogP contribution is 2.28. The lowest BCUT2D eigenvalue weighted by atomic mass is 9.89. The van der Waals surface area contributed by atoms with Crippen LogP contribution in [0.5, 0.6) is 0 Å². The van der Waals surface area contributed by atoms with Gasteiger partial charge in [0.25, 0.3) is 0 Å². The van der Waals surface area contributed by atoms with E-state index in [4.69, 9.17) is 5.11 Å². The Bertz CT molecular complexity index is 518. The molecule has 1 aromatic rings. The van der Waals surface area contributed by atoms with Crippen LogP contribution in [-0.4, -0.2) is 17.0 Å². The van der Waals surface area contributed by atoms with Crippen molar-refractivity contribution in [2.75, 3.05) is 5.32 Å². The largest absolute Gasteiger partial charge is 0.481 e. The number of aliphatic carboxylic acids is 1. The van der Waals surface area contributed by atoms with E-state index in [0.717, 1.165) is 16.8 Å². The van der Waals surface area contributed by atoms with Crippen molar-refractivity contribution in [3.05, 3.63) is 29.3 Å². The molecule has 0 unspecified atom stereocenters. The number of amides is 1. The maximum absolute atomic E-state index is 12.1. The summed E-state index contributed by atoms with van der Waals surface area (Å²) in [6.45, 7) is 9.16. The zero-order valence-corrected chi connectivity index (χ0v) is 12.8. The van der Waals surface area contributed by atoms with Gasteiger partial charge >= 0.3 is 5.97 Å². The van der Waals surface area contributed by atoms with Crippen LogP contribution in [0.25, 0.3) is 0 Å². The van der Waals surface area contributed by atoms with Gasteiger partial charge in [-0.05, 0) is 37.8 Å². The van der Waals surface area contributed by atoms with Crippen molar-refractivity contribution < 1.29 is 14.7 Å². The highest BCUT2D eigenvalue weighted by molar-refractivity contribution is 5.95. The summed E-state index contributed by atoms with van der Waals surface area (Å²) < 4.78 is 0. The maximum Gasteiger partial charge on any atom is 0.309 e. The number of para-hydroxylation sites is 1. The van der Waals surface area contributed by atoms with Crippen LogP contribution >= 0.6 is 0 Å². The second kappa shape index (κ2) is 6.07. The number of carboxylic acid groups (broad SMARTS) is 1. The minimum Gasteiger partial charge on any atom is -0.481 e. The lowest BCUT2D eigenvalue weighted by Crippen LogP contribution is -2.30. The standard InChI is InChI=1S/C16H23NO3/c1-10(2)12-8-6-7-11(3)14(12)17-13(18)9-16(4,5)15(19)20/h6-8,10H,9H2,1-5H3,(H,17,18)(H,19,20). The van der Waals surface area contributed by atoms with E-state index < -0.39 is 11.4 Å². The molecular weight excluding hydrogens is 254 g/mol. The van der Waals surface area contributed by atoms with Crippen LogP contribution in [0.2, 0.25) is 0 Å². The second-order valence-corrected chi connectivity index (χ2v) is 6.11. The molecule has 1 amide bonds. The van der Waals surface area contributed by atoms with Gasteiger partial charge in [-0.15, -0.1) is 0 Å². The van der Waals surface area contributed by atoms with Gasteiger partial charge in [-0.3, -0.25) is 9.59 Å². The molecule has 20 heavy (non-hydrogen) atoms. The van der Waals surface area contributed by atoms with E-state index in [1.807, 2.05) is 25.1 Å². The summed E-state index contributed by atoms with van der Waals surface area (Å²) in [5, 5.41) is 11.9. The van der Waals surface area contributed by atoms with Crippen molar-refractivity contribution in [3.63, 3.8) is 0 Å². The molecule has 0 saturated carbocycles. The summed E-state index contributed by atoms with van der Waals surface area (Å²) in [6.07, 6.45) is -0.0474. The third-order valence-electron chi connectivity index (χ3n) is 3.37. The van der Waals surface area contributed by atoms with E-state index in [2.05, 4.69) is 19.2 Å². The molecule has 2 N–H and O–H groups in total. The molecule has 0 spiro atoms. The first kappa shape index (κ1) is 16.2. The second-order valence-electron chi connectivity index (χ2n) is 6.11. The molecule has 0 radical (unpaired) electrons. The third-order valence-corrected chi connectivity index (χ3v) is 3.37. The summed E-state index contributed by atoms with van der Waals surface area (Å²) in [4.78, 5) is 23.2. The highest BCUT2D eigenvalue weighted by atomic mass is 16.4. The Balaban J connectivity index is 2.94. The van der Waals surface area contributed by atoms with Gasteiger partial charge < -0.3 is 10.4 Å². The lowest BCUT2D eigenvalue weighted by Gasteiger charge is -2.21. The first-order chi connectivity index (χ1) is 9.15. The van der Waals surface area contributed by atoms with Gasteiger partial charge in [-0.25, -0.2) is 0 Å². The Hall–Kier alpha value is -1.84. The number of anilines is 1. The fourth-order valence-electron chi connectivity index (χ4n) is 2.00. The average Bonchev–Trinajstić information content (AvgIpc) is 2.30. The van der Waals surface area contributed by atoms with E-state index in [-0.39, 0.29) is 18.2 Å². The van der Waals surface area contributed by atoms with E-state index in [0.29, 0.717) is 0 Å². The van der Waals surface area contributed by atoms with Gasteiger partial charge in [0.2, 0.25) is 5.91 Å². The Morgan fingerprint density at radius 2 is 1.90 bits per heavy atom. The van der Waals surface area contributed by atoms with Crippen LogP contribution in [0.15, 0.2) is 18.2 Å². The maximum atomic E-state index is 12.1. The molecule has 4 nitrogen and oxygen atoms in total. The number of hydrogen-bond acceptors (Lipinski definition) is 2. The number of carboxylic acids is 1. The number of rotatable bonds is 5. The molecule has 0 aliphatic carbocycles. The van der Waals surface area contributed by atoms with E-state index in [1.165, 1.54) is 0 Å². The van der Waals surface area contributed by atoms with Gasteiger partial charge in [0.15, 0.2) is 0 Å². The molecular formula is C16H23NO3. The number of carbonyl (C=O) groups excluding carboxylic acids is 1. The molecule has 1 rings (SSSR count). The van der Waals surface area contributed by atoms with Crippen LogP contribution in [0.3, 0.4) is 0 Å². The minimum atomic E-state index is -1.06. The van der Waals surface area contributed by atoms with Crippen molar-refractivity contribution >= 4 is 17.6 Å². The van der Waals surface area contributed by atoms with E-state index in [9.17, 15) is 9.59 Å². The van der Waals surface area contributed by atoms with Crippen LogP contribution in [0, 0.1) is 12.3 Å². The summed E-state index contributed by atoms with van der Waals surface area (Å²) >= 11 is 0. The molecule has 0 heterocycles. The monoisotopic (exact) mass is 277 g/mol. The first-order valence-corrected chi connectivity index (χ1v) is 6.78. The summed E-state index contributed by atoms with van der Waals surface area (Å²) in [7, 11) is 0. The van der Waals surface area contributed by atoms with E-state index in [1.54, 1.807) is 13.8 Å². The van der Waals surface area contributed by atoms with Crippen LogP contribution in [-0.2, 0) is 9.59 Å². The van der Waals surface area contributed by atoms with Crippen molar-refractivity contribution in [1.29, 1.82) is 0 Å². The van der Waals surface area contributed by atoms with Gasteiger partial charge in [0.05, 0.1) is 5.41 Å². The van der Waals surface area contributed by atoms with Crippen molar-refractivity contribution in [2.45, 2.75) is 47.0 Å². The first-order valence-electron chi connectivity index (χ1n) is 6.78. The van der Waals surface area contributed by atoms with Crippen LogP contribution in [0.1, 0.15) is 51.2 Å². The lowest BCUT2D eigenvalue weighted by molar-refractivity contribution is -0.148. The van der Waals surface area contributed by atoms with Crippen molar-refractivity contribution in [1.82, 2.24) is 0 Å². The number of carbonyl (C=O) groups is 2. The summed E-state index contributed by atoms with van der Waals surface area (Å²) in [5.41, 5.74) is 1.78. The molecule has 0 bridgehead atoms.